The molecule has 0 spiro atoms. The Morgan fingerprint density at radius 2 is 1.69 bits per heavy atom. The van der Waals surface area contributed by atoms with E-state index in [1.54, 1.807) is 6.07 Å². The Balaban J connectivity index is 1.40. The molecule has 1 saturated heterocycles. The average Bonchev–Trinajstić information content (AvgIpc) is 3.12. The van der Waals surface area contributed by atoms with Crippen molar-refractivity contribution in [2.24, 2.45) is 0 Å². The summed E-state index contributed by atoms with van der Waals surface area (Å²) in [5, 5.41) is 0. The van der Waals surface area contributed by atoms with Crippen molar-refractivity contribution < 1.29 is 22.6 Å². The monoisotopic (exact) mass is 364 g/mol. The van der Waals surface area contributed by atoms with Gasteiger partial charge in [-0.25, -0.2) is 0 Å². The van der Waals surface area contributed by atoms with E-state index >= 15 is 0 Å². The molecule has 0 aliphatic carbocycles. The maximum absolute atomic E-state index is 12.9. The lowest BCUT2D eigenvalue weighted by Gasteiger charge is -2.36. The Morgan fingerprint density at radius 3 is 2.46 bits per heavy atom. The molecule has 4 nitrogen and oxygen atoms in total. The van der Waals surface area contributed by atoms with E-state index in [1.165, 1.54) is 12.1 Å². The standard InChI is InChI=1S/C19H19F3N2O2/c20-19(21,22)15-4-2-5-16(11-15)24-9-7-23(8-10-24)12-14-3-1-6-17-18(14)26-13-25-17/h1-6,11H,7-10,12-13H2. The summed E-state index contributed by atoms with van der Waals surface area (Å²) >= 11 is 0. The Bertz CT molecular complexity index is 787. The number of anilines is 1. The van der Waals surface area contributed by atoms with Crippen molar-refractivity contribution in [2.75, 3.05) is 37.9 Å². The Morgan fingerprint density at radius 1 is 0.923 bits per heavy atom. The van der Waals surface area contributed by atoms with Gasteiger partial charge in [-0.1, -0.05) is 18.2 Å². The minimum absolute atomic E-state index is 0.246. The highest BCUT2D eigenvalue weighted by atomic mass is 19.4. The maximum Gasteiger partial charge on any atom is 0.416 e. The van der Waals surface area contributed by atoms with Crippen LogP contribution in [0.4, 0.5) is 18.9 Å². The molecule has 0 aromatic heterocycles. The van der Waals surface area contributed by atoms with E-state index < -0.39 is 11.7 Å². The van der Waals surface area contributed by atoms with E-state index in [2.05, 4.69) is 4.90 Å². The summed E-state index contributed by atoms with van der Waals surface area (Å²) in [6, 6.07) is 11.4. The van der Waals surface area contributed by atoms with Gasteiger partial charge < -0.3 is 14.4 Å². The summed E-state index contributed by atoms with van der Waals surface area (Å²) in [5.41, 5.74) is 1.10. The van der Waals surface area contributed by atoms with Crippen molar-refractivity contribution in [3.63, 3.8) is 0 Å². The molecule has 1 fully saturated rings. The van der Waals surface area contributed by atoms with Crippen LogP contribution in [0.5, 0.6) is 11.5 Å². The van der Waals surface area contributed by atoms with E-state index in [1.807, 2.05) is 23.1 Å². The predicted molar refractivity (Wildman–Crippen MR) is 91.5 cm³/mol. The summed E-state index contributed by atoms with van der Waals surface area (Å²) in [5.74, 6) is 1.57. The van der Waals surface area contributed by atoms with Gasteiger partial charge in [0.2, 0.25) is 6.79 Å². The van der Waals surface area contributed by atoms with Gasteiger partial charge in [0, 0.05) is 44.0 Å². The van der Waals surface area contributed by atoms with Crippen LogP contribution in [-0.4, -0.2) is 37.9 Å². The first-order chi connectivity index (χ1) is 12.5. The third-order valence-electron chi connectivity index (χ3n) is 4.78. The van der Waals surface area contributed by atoms with E-state index in [0.717, 1.165) is 42.8 Å². The minimum Gasteiger partial charge on any atom is -0.454 e. The quantitative estimate of drug-likeness (QED) is 0.828. The van der Waals surface area contributed by atoms with E-state index in [-0.39, 0.29) is 6.79 Å². The number of fused-ring (bicyclic) bond motifs is 1. The van der Waals surface area contributed by atoms with Crippen LogP contribution in [0.2, 0.25) is 0 Å². The summed E-state index contributed by atoms with van der Waals surface area (Å²) in [7, 11) is 0. The van der Waals surface area contributed by atoms with Crippen molar-refractivity contribution in [1.29, 1.82) is 0 Å². The molecule has 2 aliphatic heterocycles. The zero-order valence-corrected chi connectivity index (χ0v) is 14.1. The van der Waals surface area contributed by atoms with Crippen molar-refractivity contribution in [3.8, 4) is 11.5 Å². The molecule has 2 heterocycles. The van der Waals surface area contributed by atoms with Crippen molar-refractivity contribution in [1.82, 2.24) is 4.90 Å². The fourth-order valence-electron chi connectivity index (χ4n) is 3.40. The molecule has 0 radical (unpaired) electrons. The number of rotatable bonds is 3. The first-order valence-electron chi connectivity index (χ1n) is 8.53. The lowest BCUT2D eigenvalue weighted by atomic mass is 10.1. The molecule has 7 heteroatoms. The number of nitrogens with zero attached hydrogens (tertiary/aromatic N) is 2. The molecule has 0 unspecified atom stereocenters. The number of halogens is 3. The van der Waals surface area contributed by atoms with Gasteiger partial charge in [-0.2, -0.15) is 13.2 Å². The molecule has 0 saturated carbocycles. The highest BCUT2D eigenvalue weighted by Crippen LogP contribution is 2.36. The predicted octanol–water partition coefficient (Wildman–Crippen LogP) is 3.76. The Kier molecular flexibility index (Phi) is 4.40. The van der Waals surface area contributed by atoms with Gasteiger partial charge in [0.25, 0.3) is 0 Å². The lowest BCUT2D eigenvalue weighted by Crippen LogP contribution is -2.46. The second-order valence-corrected chi connectivity index (χ2v) is 6.46. The zero-order chi connectivity index (χ0) is 18.1. The number of hydrogen-bond acceptors (Lipinski definition) is 4. The second-order valence-electron chi connectivity index (χ2n) is 6.46. The molecule has 0 bridgehead atoms. The number of ether oxygens (including phenoxy) is 2. The third-order valence-corrected chi connectivity index (χ3v) is 4.78. The van der Waals surface area contributed by atoms with E-state index in [4.69, 9.17) is 9.47 Å². The summed E-state index contributed by atoms with van der Waals surface area (Å²) in [4.78, 5) is 4.28. The molecule has 2 aromatic carbocycles. The lowest BCUT2D eigenvalue weighted by molar-refractivity contribution is -0.137. The molecule has 2 aromatic rings. The van der Waals surface area contributed by atoms with Crippen molar-refractivity contribution >= 4 is 5.69 Å². The van der Waals surface area contributed by atoms with Gasteiger partial charge in [-0.15, -0.1) is 0 Å². The first-order valence-corrected chi connectivity index (χ1v) is 8.53. The molecule has 138 valence electrons. The smallest absolute Gasteiger partial charge is 0.416 e. The van der Waals surface area contributed by atoms with Crippen molar-refractivity contribution in [2.45, 2.75) is 12.7 Å². The first kappa shape index (κ1) is 17.0. The van der Waals surface area contributed by atoms with Gasteiger partial charge in [0.15, 0.2) is 11.5 Å². The Labute approximate surface area is 149 Å². The van der Waals surface area contributed by atoms with Crippen LogP contribution in [0, 0.1) is 0 Å². The minimum atomic E-state index is -4.31. The summed E-state index contributed by atoms with van der Waals surface area (Å²) < 4.78 is 49.6. The number of piperazine rings is 1. The molecule has 4 rings (SSSR count). The average molecular weight is 364 g/mol. The van der Waals surface area contributed by atoms with E-state index in [0.29, 0.717) is 18.8 Å². The van der Waals surface area contributed by atoms with Gasteiger partial charge in [0.05, 0.1) is 5.56 Å². The highest BCUT2D eigenvalue weighted by molar-refractivity contribution is 5.50. The molecular weight excluding hydrogens is 345 g/mol. The Hall–Kier alpha value is -2.41. The zero-order valence-electron chi connectivity index (χ0n) is 14.1. The van der Waals surface area contributed by atoms with Crippen LogP contribution in [-0.2, 0) is 12.7 Å². The molecule has 0 atom stereocenters. The van der Waals surface area contributed by atoms with Crippen LogP contribution in [0.1, 0.15) is 11.1 Å². The van der Waals surface area contributed by atoms with E-state index in [9.17, 15) is 13.2 Å². The number of alkyl halides is 3. The van der Waals surface area contributed by atoms with Gasteiger partial charge in [-0.3, -0.25) is 4.90 Å². The van der Waals surface area contributed by atoms with Crippen LogP contribution >= 0.6 is 0 Å². The van der Waals surface area contributed by atoms with Gasteiger partial charge >= 0.3 is 6.18 Å². The van der Waals surface area contributed by atoms with Crippen LogP contribution in [0.15, 0.2) is 42.5 Å². The van der Waals surface area contributed by atoms with Crippen molar-refractivity contribution in [3.05, 3.63) is 53.6 Å². The fourth-order valence-corrected chi connectivity index (χ4v) is 3.40. The van der Waals surface area contributed by atoms with Crippen LogP contribution in [0.25, 0.3) is 0 Å². The van der Waals surface area contributed by atoms with Crippen LogP contribution < -0.4 is 14.4 Å². The van der Waals surface area contributed by atoms with Gasteiger partial charge in [-0.05, 0) is 24.3 Å². The SMILES string of the molecule is FC(F)(F)c1cccc(N2CCN(Cc3cccc4c3OCO4)CC2)c1. The fraction of sp³-hybridized carbons (Fsp3) is 0.368. The third kappa shape index (κ3) is 3.44. The molecule has 0 amide bonds. The summed E-state index contributed by atoms with van der Waals surface area (Å²) in [6.07, 6.45) is -4.31. The normalized spacial score (nSPS) is 17.6. The number of benzene rings is 2. The van der Waals surface area contributed by atoms with Crippen LogP contribution in [0.3, 0.4) is 0 Å². The number of hydrogen-bond donors (Lipinski definition) is 0. The number of para-hydroxylation sites is 1. The molecule has 0 N–H and O–H groups in total. The molecule has 2 aliphatic rings. The molecule has 26 heavy (non-hydrogen) atoms. The largest absolute Gasteiger partial charge is 0.454 e. The second kappa shape index (κ2) is 6.72. The molecular formula is C19H19F3N2O2. The maximum atomic E-state index is 12.9. The highest BCUT2D eigenvalue weighted by Gasteiger charge is 2.31. The van der Waals surface area contributed by atoms with Gasteiger partial charge in [0.1, 0.15) is 0 Å². The summed E-state index contributed by atoms with van der Waals surface area (Å²) in [6.45, 7) is 3.92. The topological polar surface area (TPSA) is 24.9 Å².